The van der Waals surface area contributed by atoms with E-state index in [4.69, 9.17) is 0 Å². The number of hydrogen-bond acceptors (Lipinski definition) is 3. The van der Waals surface area contributed by atoms with Gasteiger partial charge in [-0.3, -0.25) is 9.17 Å². The molecule has 0 saturated carbocycles. The number of hydrogen-bond donors (Lipinski definition) is 2. The summed E-state index contributed by atoms with van der Waals surface area (Å²) in [6.07, 6.45) is 0. The highest BCUT2D eigenvalue weighted by atomic mass is 32.2. The number of benzene rings is 1. The molecule has 0 amide bonds. The van der Waals surface area contributed by atoms with E-state index in [1.807, 2.05) is 30.3 Å². The third kappa shape index (κ3) is 1.55. The van der Waals surface area contributed by atoms with Gasteiger partial charge in [-0.2, -0.15) is 0 Å². The Kier molecular flexibility index (Phi) is 2.24. The van der Waals surface area contributed by atoms with Gasteiger partial charge in [-0.05, 0) is 5.56 Å². The van der Waals surface area contributed by atoms with E-state index in [9.17, 15) is 4.79 Å². The van der Waals surface area contributed by atoms with Crippen LogP contribution in [0.15, 0.2) is 39.3 Å². The van der Waals surface area contributed by atoms with E-state index in [1.165, 1.54) is 11.5 Å². The van der Waals surface area contributed by atoms with Crippen LogP contribution in [0.1, 0.15) is 0 Å². The molecule has 0 aliphatic heterocycles. The second kappa shape index (κ2) is 3.40. The minimum absolute atomic E-state index is 0.0683. The Morgan fingerprint density at radius 1 is 1.23 bits per heavy atom. The summed E-state index contributed by atoms with van der Waals surface area (Å²) in [6, 6.07) is 9.52. The molecule has 1 heterocycles. The summed E-state index contributed by atoms with van der Waals surface area (Å²) in [7, 11) is 0. The fraction of sp³-hybridized carbons (Fsp3) is 0. The van der Waals surface area contributed by atoms with Gasteiger partial charge in [0.1, 0.15) is 0 Å². The summed E-state index contributed by atoms with van der Waals surface area (Å²) < 4.78 is 3.38. The first kappa shape index (κ1) is 8.59. The molecule has 1 aromatic carbocycles. The van der Waals surface area contributed by atoms with Crippen molar-refractivity contribution in [2.75, 3.05) is 0 Å². The molecule has 0 atom stereocenters. The van der Waals surface area contributed by atoms with Crippen molar-refractivity contribution in [1.82, 2.24) is 4.37 Å². The molecule has 0 bridgehead atoms. The summed E-state index contributed by atoms with van der Waals surface area (Å²) in [6.45, 7) is 0. The predicted octanol–water partition coefficient (Wildman–Crippen LogP) is 2.39. The number of rotatable bonds is 1. The van der Waals surface area contributed by atoms with Crippen LogP contribution in [-0.2, 0) is 0 Å². The lowest BCUT2D eigenvalue weighted by Crippen LogP contribution is -2.00. The molecular weight excluding hydrogens is 202 g/mol. The topological polar surface area (TPSA) is 32.9 Å². The molecule has 0 aliphatic rings. The van der Waals surface area contributed by atoms with Gasteiger partial charge in [0, 0.05) is 0 Å². The summed E-state index contributed by atoms with van der Waals surface area (Å²) in [5.41, 5.74) is 1.50. The van der Waals surface area contributed by atoms with E-state index < -0.39 is 0 Å². The quantitative estimate of drug-likeness (QED) is 0.695. The van der Waals surface area contributed by atoms with Gasteiger partial charge in [-0.25, -0.2) is 0 Å². The first-order valence-corrected chi connectivity index (χ1v) is 5.01. The van der Waals surface area contributed by atoms with Crippen molar-refractivity contribution in [3.05, 3.63) is 40.7 Å². The minimum Gasteiger partial charge on any atom is -0.276 e. The number of thiol groups is 1. The van der Waals surface area contributed by atoms with Crippen LogP contribution in [0.5, 0.6) is 0 Å². The molecule has 2 aromatic rings. The average molecular weight is 209 g/mol. The molecule has 1 N–H and O–H groups in total. The van der Waals surface area contributed by atoms with Crippen molar-refractivity contribution < 1.29 is 0 Å². The lowest BCUT2D eigenvalue weighted by atomic mass is 10.1. The summed E-state index contributed by atoms with van der Waals surface area (Å²) >= 11 is 5.47. The van der Waals surface area contributed by atoms with Gasteiger partial charge in [0.05, 0.1) is 9.77 Å². The van der Waals surface area contributed by atoms with Crippen molar-refractivity contribution in [3.63, 3.8) is 0 Å². The summed E-state index contributed by atoms with van der Waals surface area (Å²) in [5.74, 6) is 0. The van der Waals surface area contributed by atoms with E-state index >= 15 is 0 Å². The molecule has 2 nitrogen and oxygen atoms in total. The van der Waals surface area contributed by atoms with Gasteiger partial charge in [-0.15, -0.1) is 12.6 Å². The Bertz CT molecular complexity index is 458. The molecule has 1 aromatic heterocycles. The van der Waals surface area contributed by atoms with Crippen LogP contribution in [-0.4, -0.2) is 4.37 Å². The lowest BCUT2D eigenvalue weighted by Gasteiger charge is -1.95. The maximum atomic E-state index is 11.3. The van der Waals surface area contributed by atoms with Gasteiger partial charge in [0.25, 0.3) is 5.56 Å². The highest BCUT2D eigenvalue weighted by Crippen LogP contribution is 2.24. The summed E-state index contributed by atoms with van der Waals surface area (Å²) in [5, 5.41) is 0. The number of nitrogens with one attached hydrogen (secondary N) is 1. The summed E-state index contributed by atoms with van der Waals surface area (Å²) in [4.78, 5) is 11.3. The number of H-pyrrole nitrogens is 1. The number of aromatic amines is 1. The lowest BCUT2D eigenvalue weighted by molar-refractivity contribution is 1.41. The minimum atomic E-state index is -0.0683. The highest BCUT2D eigenvalue weighted by Gasteiger charge is 2.08. The standard InChI is InChI=1S/C9H7NOS2/c11-8-7(9(12)13-10-8)6-4-2-1-3-5-6/h1-5,12H,(H,10,11). The molecule has 2 rings (SSSR count). The second-order valence-electron chi connectivity index (χ2n) is 2.58. The first-order chi connectivity index (χ1) is 6.29. The molecular formula is C9H7NOS2. The van der Waals surface area contributed by atoms with E-state index in [-0.39, 0.29) is 5.56 Å². The fourth-order valence-electron chi connectivity index (χ4n) is 1.15. The average Bonchev–Trinajstić information content (AvgIpc) is 2.48. The van der Waals surface area contributed by atoms with Crippen LogP contribution in [0.4, 0.5) is 0 Å². The molecule has 0 fully saturated rings. The molecule has 0 saturated heterocycles. The molecule has 0 spiro atoms. The smallest absolute Gasteiger partial charge is 0.267 e. The van der Waals surface area contributed by atoms with E-state index in [0.29, 0.717) is 5.56 Å². The Morgan fingerprint density at radius 3 is 2.46 bits per heavy atom. The van der Waals surface area contributed by atoms with Crippen LogP contribution in [0.25, 0.3) is 11.1 Å². The molecule has 4 heteroatoms. The third-order valence-corrected chi connectivity index (χ3v) is 2.93. The zero-order valence-corrected chi connectivity index (χ0v) is 8.36. The Labute approximate surface area is 84.8 Å². The molecule has 0 aliphatic carbocycles. The van der Waals surface area contributed by atoms with E-state index in [1.54, 1.807) is 0 Å². The van der Waals surface area contributed by atoms with Crippen molar-refractivity contribution in [3.8, 4) is 11.1 Å². The van der Waals surface area contributed by atoms with Crippen molar-refractivity contribution in [1.29, 1.82) is 0 Å². The monoisotopic (exact) mass is 209 g/mol. The third-order valence-electron chi connectivity index (χ3n) is 1.74. The molecule has 0 radical (unpaired) electrons. The van der Waals surface area contributed by atoms with E-state index in [0.717, 1.165) is 9.77 Å². The van der Waals surface area contributed by atoms with Crippen molar-refractivity contribution in [2.45, 2.75) is 4.21 Å². The van der Waals surface area contributed by atoms with Gasteiger partial charge in [-0.1, -0.05) is 41.9 Å². The molecule has 13 heavy (non-hydrogen) atoms. The Morgan fingerprint density at radius 2 is 1.92 bits per heavy atom. The zero-order chi connectivity index (χ0) is 9.26. The zero-order valence-electron chi connectivity index (χ0n) is 6.65. The largest absolute Gasteiger partial charge is 0.276 e. The van der Waals surface area contributed by atoms with Gasteiger partial charge in [0.15, 0.2) is 0 Å². The van der Waals surface area contributed by atoms with Crippen LogP contribution in [0.3, 0.4) is 0 Å². The van der Waals surface area contributed by atoms with E-state index in [2.05, 4.69) is 17.0 Å². The normalized spacial score (nSPS) is 10.2. The molecule has 0 unspecified atom stereocenters. The Hall–Kier alpha value is -1.00. The predicted molar refractivity (Wildman–Crippen MR) is 57.6 cm³/mol. The van der Waals surface area contributed by atoms with Crippen LogP contribution in [0, 0.1) is 0 Å². The van der Waals surface area contributed by atoms with Gasteiger partial charge >= 0.3 is 0 Å². The van der Waals surface area contributed by atoms with Crippen molar-refractivity contribution >= 4 is 24.2 Å². The van der Waals surface area contributed by atoms with Crippen molar-refractivity contribution in [2.24, 2.45) is 0 Å². The highest BCUT2D eigenvalue weighted by molar-refractivity contribution is 7.82. The number of aromatic nitrogens is 1. The fourth-order valence-corrected chi connectivity index (χ4v) is 2.12. The molecule has 66 valence electrons. The van der Waals surface area contributed by atoms with Gasteiger partial charge in [0.2, 0.25) is 0 Å². The first-order valence-electron chi connectivity index (χ1n) is 3.75. The Balaban J connectivity index is 2.65. The van der Waals surface area contributed by atoms with Crippen LogP contribution in [0.2, 0.25) is 0 Å². The SMILES string of the molecule is O=c1[nH]sc(S)c1-c1ccccc1. The van der Waals surface area contributed by atoms with Crippen LogP contribution >= 0.6 is 24.2 Å². The maximum Gasteiger partial charge on any atom is 0.267 e. The maximum absolute atomic E-state index is 11.3. The van der Waals surface area contributed by atoms with Gasteiger partial charge < -0.3 is 0 Å². The second-order valence-corrected chi connectivity index (χ2v) is 4.15. The van der Waals surface area contributed by atoms with Crippen LogP contribution < -0.4 is 5.56 Å².